The minimum Gasteiger partial charge on any atom is -0.320 e. The van der Waals surface area contributed by atoms with Crippen molar-refractivity contribution in [2.45, 2.75) is 30.6 Å². The number of nitrogens with two attached hydrogens (primary N) is 1. The minimum atomic E-state index is -3.51. The molecule has 0 saturated heterocycles. The van der Waals surface area contributed by atoms with E-state index in [0.29, 0.717) is 18.0 Å². The van der Waals surface area contributed by atoms with Crippen molar-refractivity contribution in [3.05, 3.63) is 24.0 Å². The molecule has 1 aliphatic rings. The number of hydrogen-bond donors (Lipinski definition) is 2. The predicted molar refractivity (Wildman–Crippen MR) is 77.3 cm³/mol. The van der Waals surface area contributed by atoms with Gasteiger partial charge < -0.3 is 5.73 Å². The second kappa shape index (κ2) is 6.84. The van der Waals surface area contributed by atoms with Crippen LogP contribution in [0.3, 0.4) is 0 Å². The number of hydrogen-bond acceptors (Lipinski definition) is 4. The summed E-state index contributed by atoms with van der Waals surface area (Å²) in [7, 11) is -3.51. The van der Waals surface area contributed by atoms with Gasteiger partial charge in [-0.05, 0) is 24.8 Å². The molecule has 0 unspecified atom stereocenters. The number of sulfonamides is 1. The SMILES string of the molecule is NCC#Cc1cncc(S(=O)(=O)NCC2CCCC2)c1. The van der Waals surface area contributed by atoms with Crippen molar-refractivity contribution < 1.29 is 8.42 Å². The fraction of sp³-hybridized carbons (Fsp3) is 0.500. The second-order valence-electron chi connectivity index (χ2n) is 4.92. The summed E-state index contributed by atoms with van der Waals surface area (Å²) < 4.78 is 27.0. The zero-order chi connectivity index (χ0) is 14.4. The Morgan fingerprint density at radius 3 is 2.80 bits per heavy atom. The molecule has 0 spiro atoms. The Kier molecular flexibility index (Phi) is 5.12. The van der Waals surface area contributed by atoms with E-state index in [1.807, 2.05) is 0 Å². The maximum Gasteiger partial charge on any atom is 0.242 e. The molecule has 1 aliphatic carbocycles. The number of nitrogens with one attached hydrogen (secondary N) is 1. The molecule has 3 N–H and O–H groups in total. The van der Waals surface area contributed by atoms with Gasteiger partial charge >= 0.3 is 0 Å². The third-order valence-corrected chi connectivity index (χ3v) is 4.79. The zero-order valence-corrected chi connectivity index (χ0v) is 12.1. The fourth-order valence-electron chi connectivity index (χ4n) is 2.31. The maximum atomic E-state index is 12.2. The van der Waals surface area contributed by atoms with E-state index in [-0.39, 0.29) is 11.4 Å². The Hall–Kier alpha value is -1.42. The lowest BCUT2D eigenvalue weighted by Crippen LogP contribution is -2.28. The first-order chi connectivity index (χ1) is 9.62. The Morgan fingerprint density at radius 1 is 1.35 bits per heavy atom. The molecule has 1 fully saturated rings. The molecule has 20 heavy (non-hydrogen) atoms. The number of pyridine rings is 1. The normalized spacial score (nSPS) is 15.8. The minimum absolute atomic E-state index is 0.152. The van der Waals surface area contributed by atoms with Crippen LogP contribution in [-0.2, 0) is 10.0 Å². The van der Waals surface area contributed by atoms with Gasteiger partial charge in [0.15, 0.2) is 0 Å². The third-order valence-electron chi connectivity index (χ3n) is 3.40. The van der Waals surface area contributed by atoms with Crippen LogP contribution in [0.5, 0.6) is 0 Å². The van der Waals surface area contributed by atoms with Crippen LogP contribution in [0.2, 0.25) is 0 Å². The summed E-state index contributed by atoms with van der Waals surface area (Å²) in [4.78, 5) is 4.07. The van der Waals surface area contributed by atoms with Crippen LogP contribution in [-0.4, -0.2) is 26.5 Å². The molecule has 0 aromatic carbocycles. The van der Waals surface area contributed by atoms with Crippen molar-refractivity contribution in [2.24, 2.45) is 11.7 Å². The average molecular weight is 293 g/mol. The summed E-state index contributed by atoms with van der Waals surface area (Å²) in [6.45, 7) is 0.734. The van der Waals surface area contributed by atoms with Crippen molar-refractivity contribution in [2.75, 3.05) is 13.1 Å². The lowest BCUT2D eigenvalue weighted by molar-refractivity contribution is 0.519. The Balaban J connectivity index is 2.08. The molecule has 6 heteroatoms. The molecule has 1 aromatic rings. The smallest absolute Gasteiger partial charge is 0.242 e. The molecule has 1 heterocycles. The summed E-state index contributed by atoms with van der Waals surface area (Å²) in [6.07, 6.45) is 7.45. The van der Waals surface area contributed by atoms with Crippen molar-refractivity contribution in [1.29, 1.82) is 0 Å². The topological polar surface area (TPSA) is 85.1 Å². The van der Waals surface area contributed by atoms with Crippen molar-refractivity contribution in [3.63, 3.8) is 0 Å². The molecule has 2 rings (SSSR count). The summed E-state index contributed by atoms with van der Waals surface area (Å²) in [5.74, 6) is 5.92. The van der Waals surface area contributed by atoms with Gasteiger partial charge in [-0.2, -0.15) is 0 Å². The molecule has 0 atom stereocenters. The highest BCUT2D eigenvalue weighted by Crippen LogP contribution is 2.24. The standard InChI is InChI=1S/C14H19N3O2S/c15-7-3-6-13-8-14(11-16-9-13)20(18,19)17-10-12-4-1-2-5-12/h8-9,11-12,17H,1-2,4-5,7,10,15H2. The molecule has 0 bridgehead atoms. The molecular formula is C14H19N3O2S. The van der Waals surface area contributed by atoms with E-state index in [1.54, 1.807) is 0 Å². The Morgan fingerprint density at radius 2 is 2.10 bits per heavy atom. The van der Waals surface area contributed by atoms with Crippen LogP contribution in [0.15, 0.2) is 23.4 Å². The summed E-state index contributed by atoms with van der Waals surface area (Å²) >= 11 is 0. The lowest BCUT2D eigenvalue weighted by atomic mass is 10.1. The first-order valence-electron chi connectivity index (χ1n) is 6.75. The van der Waals surface area contributed by atoms with E-state index in [4.69, 9.17) is 5.73 Å². The van der Waals surface area contributed by atoms with Gasteiger partial charge in [0, 0.05) is 24.5 Å². The van der Waals surface area contributed by atoms with Crippen LogP contribution >= 0.6 is 0 Å². The highest BCUT2D eigenvalue weighted by molar-refractivity contribution is 7.89. The van der Waals surface area contributed by atoms with Gasteiger partial charge in [0.25, 0.3) is 0 Å². The van der Waals surface area contributed by atoms with Gasteiger partial charge in [0.1, 0.15) is 4.90 Å². The van der Waals surface area contributed by atoms with Gasteiger partial charge in [-0.3, -0.25) is 4.98 Å². The monoisotopic (exact) mass is 293 g/mol. The van der Waals surface area contributed by atoms with Crippen LogP contribution in [0, 0.1) is 17.8 Å². The second-order valence-corrected chi connectivity index (χ2v) is 6.68. The zero-order valence-electron chi connectivity index (χ0n) is 11.3. The third kappa shape index (κ3) is 4.04. The average Bonchev–Trinajstić information content (AvgIpc) is 2.97. The van der Waals surface area contributed by atoms with E-state index in [2.05, 4.69) is 21.5 Å². The van der Waals surface area contributed by atoms with Crippen LogP contribution in [0.25, 0.3) is 0 Å². The van der Waals surface area contributed by atoms with Gasteiger partial charge in [0.05, 0.1) is 6.54 Å². The fourth-order valence-corrected chi connectivity index (χ4v) is 3.42. The Labute approximate surface area is 120 Å². The van der Waals surface area contributed by atoms with Gasteiger partial charge in [-0.25, -0.2) is 13.1 Å². The van der Waals surface area contributed by atoms with E-state index in [9.17, 15) is 8.42 Å². The van der Waals surface area contributed by atoms with Crippen molar-refractivity contribution in [3.8, 4) is 11.8 Å². The van der Waals surface area contributed by atoms with Crippen molar-refractivity contribution in [1.82, 2.24) is 9.71 Å². The molecule has 0 aliphatic heterocycles. The summed E-state index contributed by atoms with van der Waals surface area (Å²) in [5, 5.41) is 0. The first kappa shape index (κ1) is 15.0. The van der Waals surface area contributed by atoms with E-state index < -0.39 is 10.0 Å². The molecule has 0 radical (unpaired) electrons. The summed E-state index contributed by atoms with van der Waals surface area (Å²) in [6, 6.07) is 1.52. The van der Waals surface area contributed by atoms with E-state index in [1.165, 1.54) is 31.3 Å². The molecule has 108 valence electrons. The molecule has 1 aromatic heterocycles. The molecule has 1 saturated carbocycles. The summed E-state index contributed by atoms with van der Waals surface area (Å²) in [5.41, 5.74) is 5.85. The number of rotatable bonds is 4. The maximum absolute atomic E-state index is 12.2. The lowest BCUT2D eigenvalue weighted by Gasteiger charge is -2.11. The highest BCUT2D eigenvalue weighted by atomic mass is 32.2. The first-order valence-corrected chi connectivity index (χ1v) is 8.24. The van der Waals surface area contributed by atoms with Crippen LogP contribution in [0.1, 0.15) is 31.2 Å². The van der Waals surface area contributed by atoms with Gasteiger partial charge in [-0.15, -0.1) is 0 Å². The molecular weight excluding hydrogens is 274 g/mol. The quantitative estimate of drug-likeness (QED) is 0.806. The largest absolute Gasteiger partial charge is 0.320 e. The Bertz CT molecular complexity index is 611. The molecule has 5 nitrogen and oxygen atoms in total. The molecule has 0 amide bonds. The van der Waals surface area contributed by atoms with Crippen molar-refractivity contribution >= 4 is 10.0 Å². The van der Waals surface area contributed by atoms with Gasteiger partial charge in [-0.1, -0.05) is 24.7 Å². The predicted octanol–water partition coefficient (Wildman–Crippen LogP) is 0.860. The van der Waals surface area contributed by atoms with E-state index >= 15 is 0 Å². The van der Waals surface area contributed by atoms with Crippen LogP contribution < -0.4 is 10.5 Å². The van der Waals surface area contributed by atoms with Crippen LogP contribution in [0.4, 0.5) is 0 Å². The highest BCUT2D eigenvalue weighted by Gasteiger charge is 2.20. The number of aromatic nitrogens is 1. The van der Waals surface area contributed by atoms with Gasteiger partial charge in [0.2, 0.25) is 10.0 Å². The van der Waals surface area contributed by atoms with E-state index in [0.717, 1.165) is 12.8 Å². The number of nitrogens with zero attached hydrogens (tertiary/aromatic N) is 1.